The summed E-state index contributed by atoms with van der Waals surface area (Å²) in [6.45, 7) is 3.33. The summed E-state index contributed by atoms with van der Waals surface area (Å²) >= 11 is 0. The lowest BCUT2D eigenvalue weighted by molar-refractivity contribution is 0.0950. The molecule has 1 aliphatic rings. The van der Waals surface area contributed by atoms with Gasteiger partial charge in [0.2, 0.25) is 0 Å². The monoisotopic (exact) mass is 360 g/mol. The average molecular weight is 360 g/mol. The minimum absolute atomic E-state index is 0.332. The van der Waals surface area contributed by atoms with Crippen LogP contribution in [0, 0.1) is 0 Å². The zero-order chi connectivity index (χ0) is 18.5. The van der Waals surface area contributed by atoms with Crippen molar-refractivity contribution in [2.24, 2.45) is 5.10 Å². The Morgan fingerprint density at radius 3 is 2.63 bits per heavy atom. The summed E-state index contributed by atoms with van der Waals surface area (Å²) < 4.78 is 5.37. The average Bonchev–Trinajstić information content (AvgIpc) is 2.74. The van der Waals surface area contributed by atoms with Gasteiger partial charge in [0.1, 0.15) is 5.69 Å². The van der Waals surface area contributed by atoms with Crippen LogP contribution in [0.2, 0.25) is 0 Å². The molecule has 6 heteroatoms. The van der Waals surface area contributed by atoms with E-state index in [1.54, 1.807) is 12.3 Å². The molecule has 27 heavy (non-hydrogen) atoms. The van der Waals surface area contributed by atoms with Gasteiger partial charge in [0.15, 0.2) is 0 Å². The number of ether oxygens (including phenoxy) is 1. The molecule has 2 aromatic carbocycles. The second kappa shape index (κ2) is 7.97. The van der Waals surface area contributed by atoms with E-state index in [0.29, 0.717) is 5.69 Å². The van der Waals surface area contributed by atoms with E-state index >= 15 is 0 Å². The largest absolute Gasteiger partial charge is 0.378 e. The van der Waals surface area contributed by atoms with Crippen molar-refractivity contribution >= 4 is 28.7 Å². The number of hydrogen-bond acceptors (Lipinski definition) is 5. The lowest BCUT2D eigenvalue weighted by atomic mass is 10.2. The van der Waals surface area contributed by atoms with E-state index in [0.717, 1.165) is 42.8 Å². The number of hydrogen-bond donors (Lipinski definition) is 1. The molecule has 0 aliphatic carbocycles. The number of carbonyl (C=O) groups excluding carboxylic acids is 1. The summed E-state index contributed by atoms with van der Waals surface area (Å²) in [5.74, 6) is -0.332. The van der Waals surface area contributed by atoms with Crippen LogP contribution in [-0.4, -0.2) is 43.4 Å². The third-order valence-electron chi connectivity index (χ3n) is 4.48. The topological polar surface area (TPSA) is 66.8 Å². The van der Waals surface area contributed by atoms with Gasteiger partial charge in [0, 0.05) is 24.2 Å². The highest BCUT2D eigenvalue weighted by Crippen LogP contribution is 2.16. The molecule has 1 aromatic heterocycles. The first-order valence-corrected chi connectivity index (χ1v) is 8.91. The van der Waals surface area contributed by atoms with Crippen molar-refractivity contribution in [1.29, 1.82) is 0 Å². The number of carbonyl (C=O) groups is 1. The molecule has 0 saturated carbocycles. The Bertz CT molecular complexity index is 963. The normalized spacial score (nSPS) is 14.6. The molecular formula is C21H20N4O2. The number of rotatable bonds is 4. The van der Waals surface area contributed by atoms with Crippen molar-refractivity contribution in [3.8, 4) is 0 Å². The van der Waals surface area contributed by atoms with Gasteiger partial charge in [-0.25, -0.2) is 10.4 Å². The number of morpholine rings is 1. The standard InChI is InChI=1S/C21H20N4O2/c26-21(20-10-7-17-3-1-2-4-19(17)23-20)24-22-15-16-5-8-18(9-6-16)25-11-13-27-14-12-25/h1-10,15H,11-14H2,(H,24,26)/b22-15+. The van der Waals surface area contributed by atoms with Gasteiger partial charge in [-0.1, -0.05) is 36.4 Å². The molecule has 6 nitrogen and oxygen atoms in total. The Morgan fingerprint density at radius 2 is 1.81 bits per heavy atom. The van der Waals surface area contributed by atoms with E-state index in [2.05, 4.69) is 32.5 Å². The SMILES string of the molecule is O=C(N/N=C/c1ccc(N2CCOCC2)cc1)c1ccc2ccccc2n1. The van der Waals surface area contributed by atoms with Gasteiger partial charge >= 0.3 is 0 Å². The van der Waals surface area contributed by atoms with Crippen LogP contribution >= 0.6 is 0 Å². The Balaban J connectivity index is 1.38. The fourth-order valence-corrected chi connectivity index (χ4v) is 3.01. The number of benzene rings is 2. The van der Waals surface area contributed by atoms with Crippen LogP contribution in [0.15, 0.2) is 65.8 Å². The number of hydrazone groups is 1. The van der Waals surface area contributed by atoms with Crippen molar-refractivity contribution in [2.75, 3.05) is 31.2 Å². The molecule has 1 N–H and O–H groups in total. The van der Waals surface area contributed by atoms with Crippen LogP contribution in [0.3, 0.4) is 0 Å². The number of nitrogens with zero attached hydrogens (tertiary/aromatic N) is 3. The number of amides is 1. The van der Waals surface area contributed by atoms with Crippen LogP contribution < -0.4 is 10.3 Å². The summed E-state index contributed by atoms with van der Waals surface area (Å²) in [5, 5.41) is 5.04. The lowest BCUT2D eigenvalue weighted by Crippen LogP contribution is -2.36. The zero-order valence-electron chi connectivity index (χ0n) is 14.8. The van der Waals surface area contributed by atoms with Gasteiger partial charge in [-0.15, -0.1) is 0 Å². The predicted molar refractivity (Wildman–Crippen MR) is 106 cm³/mol. The molecule has 1 amide bonds. The fraction of sp³-hybridized carbons (Fsp3) is 0.190. The Labute approximate surface area is 157 Å². The minimum Gasteiger partial charge on any atom is -0.378 e. The second-order valence-corrected chi connectivity index (χ2v) is 6.28. The van der Waals surface area contributed by atoms with Gasteiger partial charge < -0.3 is 9.64 Å². The number of para-hydroxylation sites is 1. The summed E-state index contributed by atoms with van der Waals surface area (Å²) in [6.07, 6.45) is 1.63. The number of anilines is 1. The van der Waals surface area contributed by atoms with Gasteiger partial charge in [-0.2, -0.15) is 5.10 Å². The quantitative estimate of drug-likeness (QED) is 0.574. The van der Waals surface area contributed by atoms with Gasteiger partial charge in [0.25, 0.3) is 5.91 Å². The van der Waals surface area contributed by atoms with Crippen molar-refractivity contribution in [2.45, 2.75) is 0 Å². The van der Waals surface area contributed by atoms with Crippen LogP contribution in [0.5, 0.6) is 0 Å². The van der Waals surface area contributed by atoms with Crippen LogP contribution in [0.1, 0.15) is 16.1 Å². The third kappa shape index (κ3) is 4.12. The lowest BCUT2D eigenvalue weighted by Gasteiger charge is -2.28. The number of aromatic nitrogens is 1. The highest BCUT2D eigenvalue weighted by molar-refractivity contribution is 5.95. The van der Waals surface area contributed by atoms with Crippen molar-refractivity contribution < 1.29 is 9.53 Å². The van der Waals surface area contributed by atoms with E-state index in [1.165, 1.54) is 5.69 Å². The van der Waals surface area contributed by atoms with Crippen LogP contribution in [-0.2, 0) is 4.74 Å². The maximum absolute atomic E-state index is 12.2. The minimum atomic E-state index is -0.332. The summed E-state index contributed by atoms with van der Waals surface area (Å²) in [4.78, 5) is 18.9. The summed E-state index contributed by atoms with van der Waals surface area (Å²) in [6, 6.07) is 19.3. The number of pyridine rings is 1. The van der Waals surface area contributed by atoms with E-state index in [9.17, 15) is 4.79 Å². The molecule has 136 valence electrons. The van der Waals surface area contributed by atoms with E-state index in [-0.39, 0.29) is 5.91 Å². The summed E-state index contributed by atoms with van der Waals surface area (Å²) in [7, 11) is 0. The Kier molecular flexibility index (Phi) is 5.07. The fourth-order valence-electron chi connectivity index (χ4n) is 3.01. The van der Waals surface area contributed by atoms with E-state index in [4.69, 9.17) is 4.74 Å². The summed E-state index contributed by atoms with van der Waals surface area (Å²) in [5.41, 5.74) is 5.74. The number of fused-ring (bicyclic) bond motifs is 1. The molecule has 2 heterocycles. The third-order valence-corrected chi connectivity index (χ3v) is 4.48. The molecule has 1 fully saturated rings. The maximum atomic E-state index is 12.2. The molecule has 0 radical (unpaired) electrons. The highest BCUT2D eigenvalue weighted by Gasteiger charge is 2.10. The Hall–Kier alpha value is -3.25. The van der Waals surface area contributed by atoms with Crippen molar-refractivity contribution in [1.82, 2.24) is 10.4 Å². The second-order valence-electron chi connectivity index (χ2n) is 6.28. The molecule has 0 unspecified atom stereocenters. The Morgan fingerprint density at radius 1 is 1.04 bits per heavy atom. The molecule has 4 rings (SSSR count). The van der Waals surface area contributed by atoms with Crippen molar-refractivity contribution in [3.63, 3.8) is 0 Å². The van der Waals surface area contributed by atoms with Crippen LogP contribution in [0.25, 0.3) is 10.9 Å². The van der Waals surface area contributed by atoms with Gasteiger partial charge in [0.05, 0.1) is 24.9 Å². The van der Waals surface area contributed by atoms with E-state index in [1.807, 2.05) is 42.5 Å². The molecule has 1 saturated heterocycles. The molecule has 1 aliphatic heterocycles. The molecule has 3 aromatic rings. The first kappa shape index (κ1) is 17.2. The number of nitrogens with one attached hydrogen (secondary N) is 1. The zero-order valence-corrected chi connectivity index (χ0v) is 14.8. The molecule has 0 bridgehead atoms. The first-order chi connectivity index (χ1) is 13.3. The first-order valence-electron chi connectivity index (χ1n) is 8.91. The van der Waals surface area contributed by atoms with E-state index < -0.39 is 0 Å². The van der Waals surface area contributed by atoms with Gasteiger partial charge in [-0.3, -0.25) is 4.79 Å². The van der Waals surface area contributed by atoms with Crippen molar-refractivity contribution in [3.05, 3.63) is 71.9 Å². The molecule has 0 spiro atoms. The maximum Gasteiger partial charge on any atom is 0.289 e. The van der Waals surface area contributed by atoms with Crippen LogP contribution in [0.4, 0.5) is 5.69 Å². The van der Waals surface area contributed by atoms with Gasteiger partial charge in [-0.05, 0) is 29.8 Å². The molecular weight excluding hydrogens is 340 g/mol. The highest BCUT2D eigenvalue weighted by atomic mass is 16.5. The predicted octanol–water partition coefficient (Wildman–Crippen LogP) is 2.84. The smallest absolute Gasteiger partial charge is 0.289 e. The molecule has 0 atom stereocenters.